The molecule has 1 aromatic heterocycles. The van der Waals surface area contributed by atoms with Gasteiger partial charge in [0.2, 0.25) is 0 Å². The summed E-state index contributed by atoms with van der Waals surface area (Å²) in [7, 11) is 0. The van der Waals surface area contributed by atoms with Crippen LogP contribution in [0.5, 0.6) is 5.75 Å². The van der Waals surface area contributed by atoms with Crippen LogP contribution in [0.4, 0.5) is 0 Å². The number of benzene rings is 1. The van der Waals surface area contributed by atoms with Crippen LogP contribution in [0.25, 0.3) is 0 Å². The van der Waals surface area contributed by atoms with Crippen LogP contribution >= 0.6 is 0 Å². The summed E-state index contributed by atoms with van der Waals surface area (Å²) in [5.41, 5.74) is 3.05. The number of carbonyl (C=O) groups is 1. The van der Waals surface area contributed by atoms with Crippen LogP contribution in [0.15, 0.2) is 42.7 Å². The van der Waals surface area contributed by atoms with Crippen molar-refractivity contribution < 1.29 is 14.6 Å². The highest BCUT2D eigenvalue weighted by Crippen LogP contribution is 2.22. The number of rotatable bonds is 7. The Labute approximate surface area is 171 Å². The minimum Gasteiger partial charge on any atom is -0.489 e. The van der Waals surface area contributed by atoms with Crippen molar-refractivity contribution in [3.8, 4) is 5.75 Å². The number of hydrogen-bond donors (Lipinski definition) is 3. The summed E-state index contributed by atoms with van der Waals surface area (Å²) in [6.07, 6.45) is 4.58. The fourth-order valence-corrected chi connectivity index (χ4v) is 3.92. The molecule has 29 heavy (non-hydrogen) atoms. The molecule has 3 heterocycles. The van der Waals surface area contributed by atoms with Crippen molar-refractivity contribution in [1.29, 1.82) is 0 Å². The number of ether oxygens (including phenoxy) is 1. The number of aliphatic hydroxyl groups excluding tert-OH is 1. The van der Waals surface area contributed by atoms with E-state index in [4.69, 9.17) is 4.74 Å². The van der Waals surface area contributed by atoms with Crippen LogP contribution in [-0.2, 0) is 13.1 Å². The molecule has 1 amide bonds. The summed E-state index contributed by atoms with van der Waals surface area (Å²) in [5.74, 6) is 0.358. The van der Waals surface area contributed by atoms with Gasteiger partial charge in [-0.25, -0.2) is 0 Å². The molecular weight excluding hydrogens is 368 g/mol. The molecule has 0 bridgehead atoms. The van der Waals surface area contributed by atoms with Gasteiger partial charge in [0.05, 0.1) is 17.9 Å². The summed E-state index contributed by atoms with van der Waals surface area (Å²) in [4.78, 5) is 18.8. The van der Waals surface area contributed by atoms with Crippen LogP contribution in [0.3, 0.4) is 0 Å². The van der Waals surface area contributed by atoms with Crippen molar-refractivity contribution in [2.75, 3.05) is 26.2 Å². The molecule has 154 valence electrons. The maximum atomic E-state index is 12.5. The normalized spacial score (nSPS) is 18.2. The third kappa shape index (κ3) is 5.32. The second-order valence-corrected chi connectivity index (χ2v) is 7.78. The number of amides is 1. The lowest BCUT2D eigenvalue weighted by Gasteiger charge is -2.23. The summed E-state index contributed by atoms with van der Waals surface area (Å²) >= 11 is 0. The standard InChI is InChI=1S/C22H28N4O3/c27-19(15-26-13-16-3-1-2-4-17(16)14-26)11-25-22(28)18-9-21(12-24-10-18)29-20-5-7-23-8-6-20/h1-4,9-10,12,19-20,23,27H,5-8,11,13-15H2,(H,25,28)/t19-/m0/s1. The van der Waals surface area contributed by atoms with Crippen molar-refractivity contribution in [2.45, 2.75) is 38.1 Å². The van der Waals surface area contributed by atoms with Gasteiger partial charge in [0.25, 0.3) is 5.91 Å². The Bertz CT molecular complexity index is 813. The van der Waals surface area contributed by atoms with E-state index in [0.29, 0.717) is 17.9 Å². The molecule has 1 aromatic carbocycles. The van der Waals surface area contributed by atoms with E-state index in [1.165, 1.54) is 17.3 Å². The molecule has 2 aliphatic rings. The zero-order valence-corrected chi connectivity index (χ0v) is 16.5. The summed E-state index contributed by atoms with van der Waals surface area (Å²) < 4.78 is 5.95. The average molecular weight is 396 g/mol. The lowest BCUT2D eigenvalue weighted by atomic mass is 10.1. The summed E-state index contributed by atoms with van der Waals surface area (Å²) in [6, 6.07) is 10.0. The zero-order valence-electron chi connectivity index (χ0n) is 16.5. The van der Waals surface area contributed by atoms with Crippen LogP contribution in [0, 0.1) is 0 Å². The van der Waals surface area contributed by atoms with Gasteiger partial charge in [0.1, 0.15) is 11.9 Å². The molecule has 0 spiro atoms. The SMILES string of the molecule is O=C(NC[C@H](O)CN1Cc2ccccc2C1)c1cncc(OC2CCNCC2)c1. The van der Waals surface area contributed by atoms with Crippen molar-refractivity contribution in [2.24, 2.45) is 0 Å². The lowest BCUT2D eigenvalue weighted by molar-refractivity contribution is 0.0854. The summed E-state index contributed by atoms with van der Waals surface area (Å²) in [6.45, 7) is 4.27. The maximum absolute atomic E-state index is 12.5. The Morgan fingerprint density at radius 3 is 2.69 bits per heavy atom. The van der Waals surface area contributed by atoms with Gasteiger partial charge in [-0.1, -0.05) is 24.3 Å². The molecule has 0 aliphatic carbocycles. The van der Waals surface area contributed by atoms with Crippen LogP contribution in [-0.4, -0.2) is 59.3 Å². The van der Waals surface area contributed by atoms with E-state index in [9.17, 15) is 9.90 Å². The summed E-state index contributed by atoms with van der Waals surface area (Å²) in [5, 5.41) is 16.5. The average Bonchev–Trinajstić information content (AvgIpc) is 3.15. The molecule has 7 heteroatoms. The van der Waals surface area contributed by atoms with Gasteiger partial charge in [-0.15, -0.1) is 0 Å². The third-order valence-corrected chi connectivity index (χ3v) is 5.44. The molecule has 1 fully saturated rings. The largest absolute Gasteiger partial charge is 0.489 e. The van der Waals surface area contributed by atoms with Gasteiger partial charge in [0.15, 0.2) is 0 Å². The Hall–Kier alpha value is -2.48. The number of pyridine rings is 1. The Morgan fingerprint density at radius 2 is 1.97 bits per heavy atom. The Balaban J connectivity index is 1.24. The maximum Gasteiger partial charge on any atom is 0.253 e. The number of hydrogen-bond acceptors (Lipinski definition) is 6. The number of nitrogens with zero attached hydrogens (tertiary/aromatic N) is 2. The first-order valence-electron chi connectivity index (χ1n) is 10.3. The molecule has 3 N–H and O–H groups in total. The Kier molecular flexibility index (Phi) is 6.39. The monoisotopic (exact) mass is 396 g/mol. The van der Waals surface area contributed by atoms with Gasteiger partial charge in [-0.3, -0.25) is 14.7 Å². The van der Waals surface area contributed by atoms with E-state index in [-0.39, 0.29) is 18.6 Å². The van der Waals surface area contributed by atoms with Gasteiger partial charge in [-0.2, -0.15) is 0 Å². The van der Waals surface area contributed by atoms with E-state index >= 15 is 0 Å². The number of aromatic nitrogens is 1. The van der Waals surface area contributed by atoms with Crippen molar-refractivity contribution in [1.82, 2.24) is 20.5 Å². The van der Waals surface area contributed by atoms with Crippen LogP contribution < -0.4 is 15.4 Å². The van der Waals surface area contributed by atoms with E-state index in [1.54, 1.807) is 12.3 Å². The smallest absolute Gasteiger partial charge is 0.253 e. The van der Waals surface area contributed by atoms with Crippen molar-refractivity contribution in [3.63, 3.8) is 0 Å². The Morgan fingerprint density at radius 1 is 1.24 bits per heavy atom. The number of carbonyl (C=O) groups excluding carboxylic acids is 1. The minimum absolute atomic E-state index is 0.155. The highest BCUT2D eigenvalue weighted by Gasteiger charge is 2.21. The molecule has 1 saturated heterocycles. The number of β-amino-alcohol motifs (C(OH)–C–C–N with tert-alkyl or cyclic N) is 1. The number of piperidine rings is 1. The van der Waals surface area contributed by atoms with Gasteiger partial charge < -0.3 is 20.5 Å². The van der Waals surface area contributed by atoms with Gasteiger partial charge >= 0.3 is 0 Å². The molecule has 2 aromatic rings. The first-order valence-corrected chi connectivity index (χ1v) is 10.3. The van der Waals surface area contributed by atoms with Crippen LogP contribution in [0.1, 0.15) is 34.3 Å². The van der Waals surface area contributed by atoms with E-state index in [0.717, 1.165) is 39.0 Å². The highest BCUT2D eigenvalue weighted by atomic mass is 16.5. The van der Waals surface area contributed by atoms with Crippen molar-refractivity contribution in [3.05, 3.63) is 59.4 Å². The molecule has 2 aliphatic heterocycles. The quantitative estimate of drug-likeness (QED) is 0.654. The number of fused-ring (bicyclic) bond motifs is 1. The van der Waals surface area contributed by atoms with Gasteiger partial charge in [0, 0.05) is 32.4 Å². The molecular formula is C22H28N4O3. The highest BCUT2D eigenvalue weighted by molar-refractivity contribution is 5.94. The van der Waals surface area contributed by atoms with E-state index < -0.39 is 6.10 Å². The first-order chi connectivity index (χ1) is 14.2. The molecule has 0 saturated carbocycles. The second kappa shape index (κ2) is 9.35. The number of aliphatic hydroxyl groups is 1. The molecule has 0 radical (unpaired) electrons. The predicted molar refractivity (Wildman–Crippen MR) is 110 cm³/mol. The van der Waals surface area contributed by atoms with Crippen LogP contribution in [0.2, 0.25) is 0 Å². The molecule has 4 rings (SSSR count). The topological polar surface area (TPSA) is 86.7 Å². The number of nitrogens with one attached hydrogen (secondary N) is 2. The lowest BCUT2D eigenvalue weighted by Crippen LogP contribution is -2.38. The third-order valence-electron chi connectivity index (χ3n) is 5.44. The van der Waals surface area contributed by atoms with Crippen molar-refractivity contribution >= 4 is 5.91 Å². The molecule has 1 atom stereocenters. The fraction of sp³-hybridized carbons (Fsp3) is 0.455. The molecule has 0 unspecified atom stereocenters. The minimum atomic E-state index is -0.629. The second-order valence-electron chi connectivity index (χ2n) is 7.78. The fourth-order valence-electron chi connectivity index (χ4n) is 3.92. The first kappa shape index (κ1) is 19.8. The van der Waals surface area contributed by atoms with E-state index in [1.807, 2.05) is 12.1 Å². The predicted octanol–water partition coefficient (Wildman–Crippen LogP) is 1.32. The molecule has 7 nitrogen and oxygen atoms in total. The van der Waals surface area contributed by atoms with Gasteiger partial charge in [-0.05, 0) is 43.1 Å². The van der Waals surface area contributed by atoms with E-state index in [2.05, 4.69) is 32.7 Å². The zero-order chi connectivity index (χ0) is 20.1.